The quantitative estimate of drug-likeness (QED) is 0.704. The predicted molar refractivity (Wildman–Crippen MR) is 62.2 cm³/mol. The highest BCUT2D eigenvalue weighted by Crippen LogP contribution is 2.17. The Morgan fingerprint density at radius 2 is 2.33 bits per heavy atom. The van der Waals surface area contributed by atoms with E-state index in [1.165, 1.54) is 6.07 Å². The maximum atomic E-state index is 13.0. The molecule has 1 aromatic carbocycles. The first-order valence-corrected chi connectivity index (χ1v) is 5.37. The van der Waals surface area contributed by atoms with Gasteiger partial charge in [0.1, 0.15) is 5.82 Å². The van der Waals surface area contributed by atoms with Crippen LogP contribution in [0.5, 0.6) is 0 Å². The second-order valence-corrected chi connectivity index (χ2v) is 3.59. The molecular weight excluding hydrogens is 189 g/mol. The van der Waals surface area contributed by atoms with Crippen LogP contribution in [0.4, 0.5) is 4.39 Å². The minimum absolute atomic E-state index is 0.179. The Kier molecular flexibility index (Phi) is 5.05. The third kappa shape index (κ3) is 3.84. The van der Waals surface area contributed by atoms with Gasteiger partial charge < -0.3 is 5.32 Å². The monoisotopic (exact) mass is 207 g/mol. The first kappa shape index (κ1) is 11.9. The SMILES string of the molecule is C=CCC(NCCC)c1cccc(F)c1. The minimum atomic E-state index is -0.181. The Morgan fingerprint density at radius 1 is 1.53 bits per heavy atom. The van der Waals surface area contributed by atoms with Gasteiger partial charge in [0, 0.05) is 6.04 Å². The van der Waals surface area contributed by atoms with Gasteiger partial charge in [-0.25, -0.2) is 4.39 Å². The van der Waals surface area contributed by atoms with E-state index in [-0.39, 0.29) is 11.9 Å². The van der Waals surface area contributed by atoms with E-state index in [2.05, 4.69) is 18.8 Å². The zero-order valence-corrected chi connectivity index (χ0v) is 9.17. The van der Waals surface area contributed by atoms with E-state index in [0.29, 0.717) is 0 Å². The maximum Gasteiger partial charge on any atom is 0.123 e. The van der Waals surface area contributed by atoms with E-state index in [1.807, 2.05) is 12.1 Å². The molecule has 1 N–H and O–H groups in total. The summed E-state index contributed by atoms with van der Waals surface area (Å²) in [6, 6.07) is 6.91. The molecule has 0 heterocycles. The van der Waals surface area contributed by atoms with Crippen LogP contribution in [0.2, 0.25) is 0 Å². The van der Waals surface area contributed by atoms with Gasteiger partial charge in [0.15, 0.2) is 0 Å². The van der Waals surface area contributed by atoms with E-state index < -0.39 is 0 Å². The number of hydrogen-bond acceptors (Lipinski definition) is 1. The average molecular weight is 207 g/mol. The first-order chi connectivity index (χ1) is 7.27. The molecule has 1 unspecified atom stereocenters. The van der Waals surface area contributed by atoms with Crippen LogP contribution >= 0.6 is 0 Å². The van der Waals surface area contributed by atoms with Crippen molar-refractivity contribution in [1.29, 1.82) is 0 Å². The summed E-state index contributed by atoms with van der Waals surface area (Å²) in [4.78, 5) is 0. The lowest BCUT2D eigenvalue weighted by Crippen LogP contribution is -2.21. The van der Waals surface area contributed by atoms with Crippen LogP contribution in [-0.2, 0) is 0 Å². The van der Waals surface area contributed by atoms with Crippen LogP contribution in [-0.4, -0.2) is 6.54 Å². The molecule has 2 heteroatoms. The Morgan fingerprint density at radius 3 is 2.93 bits per heavy atom. The summed E-state index contributed by atoms with van der Waals surface area (Å²) in [5.74, 6) is -0.181. The van der Waals surface area contributed by atoms with Gasteiger partial charge in [0.2, 0.25) is 0 Å². The molecule has 1 atom stereocenters. The van der Waals surface area contributed by atoms with Crippen molar-refractivity contribution in [2.45, 2.75) is 25.8 Å². The van der Waals surface area contributed by atoms with Crippen molar-refractivity contribution < 1.29 is 4.39 Å². The zero-order chi connectivity index (χ0) is 11.1. The molecule has 0 amide bonds. The number of hydrogen-bond donors (Lipinski definition) is 1. The highest BCUT2D eigenvalue weighted by molar-refractivity contribution is 5.20. The molecule has 0 spiro atoms. The molecule has 0 aliphatic rings. The normalized spacial score (nSPS) is 12.4. The Labute approximate surface area is 91.0 Å². The number of rotatable bonds is 6. The van der Waals surface area contributed by atoms with Crippen molar-refractivity contribution in [3.8, 4) is 0 Å². The van der Waals surface area contributed by atoms with Gasteiger partial charge in [-0.2, -0.15) is 0 Å². The van der Waals surface area contributed by atoms with E-state index in [4.69, 9.17) is 0 Å². The average Bonchev–Trinajstić information content (AvgIpc) is 2.24. The number of benzene rings is 1. The molecule has 0 aromatic heterocycles. The van der Waals surface area contributed by atoms with E-state index in [9.17, 15) is 4.39 Å². The molecule has 1 nitrogen and oxygen atoms in total. The summed E-state index contributed by atoms with van der Waals surface area (Å²) in [6.45, 7) is 6.78. The van der Waals surface area contributed by atoms with Crippen LogP contribution in [0.25, 0.3) is 0 Å². The molecule has 0 saturated carbocycles. The second-order valence-electron chi connectivity index (χ2n) is 3.59. The number of halogens is 1. The van der Waals surface area contributed by atoms with Crippen LogP contribution in [0.3, 0.4) is 0 Å². The van der Waals surface area contributed by atoms with E-state index in [1.54, 1.807) is 12.1 Å². The minimum Gasteiger partial charge on any atom is -0.310 e. The fourth-order valence-electron chi connectivity index (χ4n) is 1.55. The summed E-state index contributed by atoms with van der Waals surface area (Å²) in [5, 5.41) is 3.38. The third-order valence-corrected chi connectivity index (χ3v) is 2.29. The highest BCUT2D eigenvalue weighted by atomic mass is 19.1. The van der Waals surface area contributed by atoms with E-state index >= 15 is 0 Å². The predicted octanol–water partition coefficient (Wildman–Crippen LogP) is 3.44. The van der Waals surface area contributed by atoms with Crippen LogP contribution in [0, 0.1) is 5.82 Å². The van der Waals surface area contributed by atoms with Gasteiger partial charge in [-0.3, -0.25) is 0 Å². The first-order valence-electron chi connectivity index (χ1n) is 5.37. The summed E-state index contributed by atoms with van der Waals surface area (Å²) in [7, 11) is 0. The van der Waals surface area contributed by atoms with E-state index in [0.717, 1.165) is 24.9 Å². The van der Waals surface area contributed by atoms with Crippen LogP contribution in [0.15, 0.2) is 36.9 Å². The van der Waals surface area contributed by atoms with Crippen LogP contribution in [0.1, 0.15) is 31.4 Å². The van der Waals surface area contributed by atoms with Crippen molar-refractivity contribution >= 4 is 0 Å². The fraction of sp³-hybridized carbons (Fsp3) is 0.385. The molecule has 0 aliphatic carbocycles. The Balaban J connectivity index is 2.73. The molecule has 15 heavy (non-hydrogen) atoms. The lowest BCUT2D eigenvalue weighted by atomic mass is 10.0. The third-order valence-electron chi connectivity index (χ3n) is 2.29. The fourth-order valence-corrected chi connectivity index (χ4v) is 1.55. The molecule has 0 saturated heterocycles. The van der Waals surface area contributed by atoms with Crippen molar-refractivity contribution in [2.75, 3.05) is 6.54 Å². The van der Waals surface area contributed by atoms with Crippen LogP contribution < -0.4 is 5.32 Å². The molecule has 0 bridgehead atoms. The molecule has 1 rings (SSSR count). The summed E-state index contributed by atoms with van der Waals surface area (Å²) >= 11 is 0. The van der Waals surface area contributed by atoms with Crippen molar-refractivity contribution in [3.63, 3.8) is 0 Å². The smallest absolute Gasteiger partial charge is 0.123 e. The van der Waals surface area contributed by atoms with Gasteiger partial charge in [-0.1, -0.05) is 25.1 Å². The summed E-state index contributed by atoms with van der Waals surface area (Å²) in [6.07, 6.45) is 3.75. The van der Waals surface area contributed by atoms with Gasteiger partial charge in [0.25, 0.3) is 0 Å². The Hall–Kier alpha value is -1.15. The molecular formula is C13H18FN. The largest absolute Gasteiger partial charge is 0.310 e. The highest BCUT2D eigenvalue weighted by Gasteiger charge is 2.08. The van der Waals surface area contributed by atoms with Gasteiger partial charge in [0.05, 0.1) is 0 Å². The van der Waals surface area contributed by atoms with Gasteiger partial charge in [-0.15, -0.1) is 6.58 Å². The standard InChI is InChI=1S/C13H18FN/c1-3-6-13(15-9-4-2)11-7-5-8-12(14)10-11/h3,5,7-8,10,13,15H,1,4,6,9H2,2H3. The molecule has 0 fully saturated rings. The van der Waals surface area contributed by atoms with Gasteiger partial charge >= 0.3 is 0 Å². The molecule has 1 aromatic rings. The van der Waals surface area contributed by atoms with Gasteiger partial charge in [-0.05, 0) is 37.1 Å². The Bertz CT molecular complexity index is 309. The lowest BCUT2D eigenvalue weighted by Gasteiger charge is -2.17. The lowest BCUT2D eigenvalue weighted by molar-refractivity contribution is 0.531. The molecule has 0 radical (unpaired) electrons. The summed E-state index contributed by atoms with van der Waals surface area (Å²) in [5.41, 5.74) is 0.989. The topological polar surface area (TPSA) is 12.0 Å². The molecule has 82 valence electrons. The maximum absolute atomic E-state index is 13.0. The van der Waals surface area contributed by atoms with Crippen molar-refractivity contribution in [3.05, 3.63) is 48.3 Å². The molecule has 0 aliphatic heterocycles. The zero-order valence-electron chi connectivity index (χ0n) is 9.17. The summed E-state index contributed by atoms with van der Waals surface area (Å²) < 4.78 is 13.0. The van der Waals surface area contributed by atoms with Crippen molar-refractivity contribution in [1.82, 2.24) is 5.32 Å². The van der Waals surface area contributed by atoms with Crippen molar-refractivity contribution in [2.24, 2.45) is 0 Å². The second kappa shape index (κ2) is 6.36. The number of nitrogens with one attached hydrogen (secondary N) is 1.